The lowest BCUT2D eigenvalue weighted by Gasteiger charge is -2.20. The van der Waals surface area contributed by atoms with Crippen LogP contribution in [0.3, 0.4) is 0 Å². The van der Waals surface area contributed by atoms with Crippen LogP contribution in [0.2, 0.25) is 0 Å². The van der Waals surface area contributed by atoms with E-state index in [-0.39, 0.29) is 13.1 Å². The van der Waals surface area contributed by atoms with Gasteiger partial charge in [0.25, 0.3) is 0 Å². The zero-order chi connectivity index (χ0) is 14.6. The smallest absolute Gasteiger partial charge is 0.246 e. The van der Waals surface area contributed by atoms with Gasteiger partial charge in [0.2, 0.25) is 15.9 Å². The summed E-state index contributed by atoms with van der Waals surface area (Å²) >= 11 is 3.10. The Morgan fingerprint density at radius 1 is 1.47 bits per heavy atom. The number of benzene rings is 1. The number of carbonyl (C=O) groups is 1. The molecule has 0 aliphatic rings. The van der Waals surface area contributed by atoms with Crippen molar-refractivity contribution < 1.29 is 17.6 Å². The van der Waals surface area contributed by atoms with Gasteiger partial charge in [-0.15, -0.1) is 0 Å². The maximum Gasteiger partial charge on any atom is 0.246 e. The minimum absolute atomic E-state index is 0.0711. The molecule has 19 heavy (non-hydrogen) atoms. The molecule has 0 fully saturated rings. The second-order valence-electron chi connectivity index (χ2n) is 3.68. The fourth-order valence-corrected chi connectivity index (χ4v) is 3.43. The molecule has 0 bridgehead atoms. The number of hydrogen-bond acceptors (Lipinski definition) is 3. The molecule has 0 saturated heterocycles. The highest BCUT2D eigenvalue weighted by Crippen LogP contribution is 2.23. The first kappa shape index (κ1) is 16.1. The van der Waals surface area contributed by atoms with Crippen molar-refractivity contribution in [3.05, 3.63) is 28.5 Å². The van der Waals surface area contributed by atoms with Crippen LogP contribution in [-0.2, 0) is 14.8 Å². The zero-order valence-corrected chi connectivity index (χ0v) is 12.9. The molecule has 106 valence electrons. The summed E-state index contributed by atoms with van der Waals surface area (Å²) < 4.78 is 39.6. The van der Waals surface area contributed by atoms with Crippen molar-refractivity contribution in [1.29, 1.82) is 0 Å². The Hall–Kier alpha value is -0.990. The van der Waals surface area contributed by atoms with Gasteiger partial charge < -0.3 is 5.32 Å². The van der Waals surface area contributed by atoms with Gasteiger partial charge in [-0.25, -0.2) is 12.8 Å². The fourth-order valence-electron chi connectivity index (χ4n) is 1.42. The SMILES string of the molecule is CCN(CC(=O)NC)S(=O)(=O)c1cc(Br)ccc1F. The molecular weight excluding hydrogens is 339 g/mol. The number of nitrogens with one attached hydrogen (secondary N) is 1. The topological polar surface area (TPSA) is 66.5 Å². The highest BCUT2D eigenvalue weighted by molar-refractivity contribution is 9.10. The molecule has 1 N–H and O–H groups in total. The molecule has 5 nitrogen and oxygen atoms in total. The van der Waals surface area contributed by atoms with Crippen LogP contribution in [-0.4, -0.2) is 38.8 Å². The maximum atomic E-state index is 13.7. The van der Waals surface area contributed by atoms with Gasteiger partial charge in [-0.2, -0.15) is 4.31 Å². The summed E-state index contributed by atoms with van der Waals surface area (Å²) in [5, 5.41) is 2.33. The summed E-state index contributed by atoms with van der Waals surface area (Å²) in [4.78, 5) is 10.8. The molecule has 0 radical (unpaired) electrons. The van der Waals surface area contributed by atoms with Crippen molar-refractivity contribution in [2.45, 2.75) is 11.8 Å². The van der Waals surface area contributed by atoms with Crippen molar-refractivity contribution in [1.82, 2.24) is 9.62 Å². The molecule has 0 heterocycles. The third-order valence-corrected chi connectivity index (χ3v) is 4.89. The number of sulfonamides is 1. The van der Waals surface area contributed by atoms with Gasteiger partial charge in [0.1, 0.15) is 10.7 Å². The van der Waals surface area contributed by atoms with E-state index in [0.717, 1.165) is 10.4 Å². The summed E-state index contributed by atoms with van der Waals surface area (Å²) in [6.07, 6.45) is 0. The van der Waals surface area contributed by atoms with E-state index in [1.165, 1.54) is 19.2 Å². The molecular formula is C11H14BrFN2O3S. The average molecular weight is 353 g/mol. The number of nitrogens with zero attached hydrogens (tertiary/aromatic N) is 1. The van der Waals surface area contributed by atoms with E-state index in [1.54, 1.807) is 6.92 Å². The van der Waals surface area contributed by atoms with E-state index in [2.05, 4.69) is 21.2 Å². The highest BCUT2D eigenvalue weighted by Gasteiger charge is 2.27. The molecule has 1 amide bonds. The van der Waals surface area contributed by atoms with Crippen molar-refractivity contribution in [2.24, 2.45) is 0 Å². The van der Waals surface area contributed by atoms with E-state index >= 15 is 0 Å². The standard InChI is InChI=1S/C11H14BrFN2O3S/c1-3-15(7-11(16)14-2)19(17,18)10-6-8(12)4-5-9(10)13/h4-6H,3,7H2,1-2H3,(H,14,16). The summed E-state index contributed by atoms with van der Waals surface area (Å²) in [6.45, 7) is 1.30. The molecule has 0 aromatic heterocycles. The van der Waals surface area contributed by atoms with Crippen molar-refractivity contribution in [3.8, 4) is 0 Å². The Kier molecular flexibility index (Phi) is 5.45. The quantitative estimate of drug-likeness (QED) is 0.869. The molecule has 0 spiro atoms. The van der Waals surface area contributed by atoms with E-state index in [9.17, 15) is 17.6 Å². The van der Waals surface area contributed by atoms with Gasteiger partial charge in [-0.05, 0) is 18.2 Å². The molecule has 1 aromatic carbocycles. The number of amides is 1. The molecule has 0 atom stereocenters. The number of likely N-dealkylation sites (N-methyl/N-ethyl adjacent to an activating group) is 2. The largest absolute Gasteiger partial charge is 0.358 e. The van der Waals surface area contributed by atoms with E-state index in [0.29, 0.717) is 4.47 Å². The van der Waals surface area contributed by atoms with Gasteiger partial charge in [0, 0.05) is 18.1 Å². The minimum Gasteiger partial charge on any atom is -0.358 e. The Morgan fingerprint density at radius 2 is 2.11 bits per heavy atom. The predicted molar refractivity (Wildman–Crippen MR) is 72.6 cm³/mol. The molecule has 1 rings (SSSR count). The van der Waals surface area contributed by atoms with Crippen LogP contribution in [0.5, 0.6) is 0 Å². The highest BCUT2D eigenvalue weighted by atomic mass is 79.9. The number of hydrogen-bond donors (Lipinski definition) is 1. The second kappa shape index (κ2) is 6.44. The van der Waals surface area contributed by atoms with Gasteiger partial charge in [-0.3, -0.25) is 4.79 Å². The summed E-state index contributed by atoms with van der Waals surface area (Å²) in [5.41, 5.74) is 0. The molecule has 8 heteroatoms. The number of carbonyl (C=O) groups excluding carboxylic acids is 1. The van der Waals surface area contributed by atoms with Crippen LogP contribution in [0.1, 0.15) is 6.92 Å². The molecule has 0 aliphatic heterocycles. The van der Waals surface area contributed by atoms with Crippen molar-refractivity contribution in [3.63, 3.8) is 0 Å². The van der Waals surface area contributed by atoms with Gasteiger partial charge in [0.15, 0.2) is 0 Å². The van der Waals surface area contributed by atoms with Gasteiger partial charge in [0.05, 0.1) is 6.54 Å². The van der Waals surface area contributed by atoms with E-state index in [1.807, 2.05) is 0 Å². The fraction of sp³-hybridized carbons (Fsp3) is 0.364. The Balaban J connectivity index is 3.20. The summed E-state index contributed by atoms with van der Waals surface area (Å²) in [6, 6.07) is 3.64. The lowest BCUT2D eigenvalue weighted by molar-refractivity contribution is -0.120. The second-order valence-corrected chi connectivity index (χ2v) is 6.50. The lowest BCUT2D eigenvalue weighted by Crippen LogP contribution is -2.39. The van der Waals surface area contributed by atoms with Crippen LogP contribution in [0.15, 0.2) is 27.6 Å². The van der Waals surface area contributed by atoms with E-state index < -0.39 is 26.6 Å². The summed E-state index contributed by atoms with van der Waals surface area (Å²) in [7, 11) is -2.64. The molecule has 0 unspecified atom stereocenters. The number of rotatable bonds is 5. The molecule has 0 aliphatic carbocycles. The van der Waals surface area contributed by atoms with Crippen LogP contribution in [0.25, 0.3) is 0 Å². The first-order valence-corrected chi connectivity index (χ1v) is 7.72. The normalized spacial score (nSPS) is 11.6. The monoisotopic (exact) mass is 352 g/mol. The lowest BCUT2D eigenvalue weighted by atomic mass is 10.3. The zero-order valence-electron chi connectivity index (χ0n) is 10.5. The van der Waals surface area contributed by atoms with Crippen LogP contribution in [0.4, 0.5) is 4.39 Å². The minimum atomic E-state index is -4.04. The van der Waals surface area contributed by atoms with Crippen molar-refractivity contribution >= 4 is 31.9 Å². The third kappa shape index (κ3) is 3.74. The number of halogens is 2. The first-order valence-electron chi connectivity index (χ1n) is 5.48. The Labute approximate surface area is 120 Å². The predicted octanol–water partition coefficient (Wildman–Crippen LogP) is 1.34. The Morgan fingerprint density at radius 3 is 2.63 bits per heavy atom. The van der Waals surface area contributed by atoms with Gasteiger partial charge in [-0.1, -0.05) is 22.9 Å². The van der Waals surface area contributed by atoms with Crippen LogP contribution >= 0.6 is 15.9 Å². The van der Waals surface area contributed by atoms with E-state index in [4.69, 9.17) is 0 Å². The molecule has 0 saturated carbocycles. The molecule has 1 aromatic rings. The third-order valence-electron chi connectivity index (χ3n) is 2.46. The maximum absolute atomic E-state index is 13.7. The first-order chi connectivity index (χ1) is 8.82. The van der Waals surface area contributed by atoms with Crippen LogP contribution in [0, 0.1) is 5.82 Å². The van der Waals surface area contributed by atoms with Crippen molar-refractivity contribution in [2.75, 3.05) is 20.1 Å². The summed E-state index contributed by atoms with van der Waals surface area (Å²) in [5.74, 6) is -1.31. The van der Waals surface area contributed by atoms with Crippen LogP contribution < -0.4 is 5.32 Å². The Bertz CT molecular complexity index is 577. The van der Waals surface area contributed by atoms with Gasteiger partial charge >= 0.3 is 0 Å². The average Bonchev–Trinajstić information content (AvgIpc) is 2.37.